The number of nitrogens with zero attached hydrogens (tertiary/aromatic N) is 4. The molecule has 0 spiro atoms. The summed E-state index contributed by atoms with van der Waals surface area (Å²) in [6.45, 7) is 0. The maximum Gasteiger partial charge on any atom is 0.265 e. The second kappa shape index (κ2) is 6.08. The molecule has 160 valence electrons. The molecule has 6 nitrogen and oxygen atoms in total. The van der Waals surface area contributed by atoms with Crippen molar-refractivity contribution in [2.45, 2.75) is 0 Å². The van der Waals surface area contributed by atoms with E-state index in [4.69, 9.17) is 9.97 Å². The van der Waals surface area contributed by atoms with E-state index in [1.165, 1.54) is 0 Å². The Kier molecular flexibility index (Phi) is 3.36. The molecule has 0 radical (unpaired) electrons. The molecule has 0 saturated heterocycles. The lowest BCUT2D eigenvalue weighted by atomic mass is 9.96. The third-order valence-electron chi connectivity index (χ3n) is 6.75. The summed E-state index contributed by atoms with van der Waals surface area (Å²) in [5, 5.41) is 4.10. The van der Waals surface area contributed by atoms with Crippen molar-refractivity contribution >= 4 is 97.5 Å². The topological polar surface area (TPSA) is 68.7 Å². The van der Waals surface area contributed by atoms with Crippen molar-refractivity contribution in [3.8, 4) is 0 Å². The summed E-state index contributed by atoms with van der Waals surface area (Å²) in [5.41, 5.74) is 3.79. The molecule has 8 rings (SSSR count). The predicted molar refractivity (Wildman–Crippen MR) is 142 cm³/mol. The number of para-hydroxylation sites is 4. The number of rotatable bonds is 0. The Morgan fingerprint density at radius 2 is 1.00 bits per heavy atom. The number of hydrogen-bond acceptors (Lipinski definition) is 4. The highest BCUT2D eigenvalue weighted by Gasteiger charge is 2.25. The van der Waals surface area contributed by atoms with Crippen LogP contribution in [0.15, 0.2) is 79.2 Å². The Bertz CT molecular complexity index is 2140. The smallest absolute Gasteiger partial charge is 0.265 e. The summed E-state index contributed by atoms with van der Waals surface area (Å²) < 4.78 is 4.63. The van der Waals surface area contributed by atoms with E-state index in [0.717, 1.165) is 43.6 Å². The lowest BCUT2D eigenvalue weighted by Gasteiger charge is -2.14. The molecular formula is C26H10Br2N4O2. The van der Waals surface area contributed by atoms with Gasteiger partial charge >= 0.3 is 0 Å². The standard InChI is InChI=1S/C26H10Br2N4O2/c27-13-9-11-19-20-12(24-30-16-6-2-4-8-18(16)32(24)26(34)22(13)20)10-14(28)21(19)25(33)31-17-7-3-1-5-15(17)29-23(11)31/h1-10H. The summed E-state index contributed by atoms with van der Waals surface area (Å²) in [5.74, 6) is 0. The maximum absolute atomic E-state index is 13.8. The number of aromatic nitrogens is 4. The van der Waals surface area contributed by atoms with Gasteiger partial charge in [0.1, 0.15) is 11.3 Å². The summed E-state index contributed by atoms with van der Waals surface area (Å²) in [4.78, 5) is 37.3. The van der Waals surface area contributed by atoms with Crippen LogP contribution in [0, 0.1) is 0 Å². The first-order valence-corrected chi connectivity index (χ1v) is 12.2. The Morgan fingerprint density at radius 1 is 0.588 bits per heavy atom. The molecule has 0 N–H and O–H groups in total. The molecule has 4 heterocycles. The number of hydrogen-bond donors (Lipinski definition) is 0. The van der Waals surface area contributed by atoms with E-state index in [2.05, 4.69) is 31.9 Å². The summed E-state index contributed by atoms with van der Waals surface area (Å²) in [7, 11) is 0. The Hall–Kier alpha value is -3.62. The second-order valence-corrected chi connectivity index (χ2v) is 10.1. The number of benzene rings is 4. The molecule has 8 aromatic rings. The Morgan fingerprint density at radius 3 is 1.44 bits per heavy atom. The van der Waals surface area contributed by atoms with Crippen molar-refractivity contribution in [3.63, 3.8) is 0 Å². The highest BCUT2D eigenvalue weighted by molar-refractivity contribution is 9.11. The quantitative estimate of drug-likeness (QED) is 0.214. The van der Waals surface area contributed by atoms with Crippen LogP contribution in [0.2, 0.25) is 0 Å². The van der Waals surface area contributed by atoms with E-state index >= 15 is 0 Å². The number of imidazole rings is 2. The monoisotopic (exact) mass is 568 g/mol. The largest absolute Gasteiger partial charge is 0.268 e. The molecule has 4 aromatic heterocycles. The van der Waals surface area contributed by atoms with Crippen molar-refractivity contribution in [2.75, 3.05) is 0 Å². The molecule has 0 aliphatic rings. The first-order chi connectivity index (χ1) is 16.5. The van der Waals surface area contributed by atoms with Crippen LogP contribution in [0.3, 0.4) is 0 Å². The van der Waals surface area contributed by atoms with Gasteiger partial charge in [0, 0.05) is 30.5 Å². The number of pyridine rings is 2. The van der Waals surface area contributed by atoms with Crippen LogP contribution in [0.25, 0.3) is 65.7 Å². The summed E-state index contributed by atoms with van der Waals surface area (Å²) in [6.07, 6.45) is 0. The minimum Gasteiger partial charge on any atom is -0.268 e. The van der Waals surface area contributed by atoms with Gasteiger partial charge in [-0.2, -0.15) is 0 Å². The summed E-state index contributed by atoms with van der Waals surface area (Å²) >= 11 is 7.34. The third-order valence-corrected chi connectivity index (χ3v) is 8.00. The van der Waals surface area contributed by atoms with E-state index in [-0.39, 0.29) is 11.1 Å². The van der Waals surface area contributed by atoms with Crippen LogP contribution in [-0.4, -0.2) is 18.8 Å². The zero-order valence-electron chi connectivity index (χ0n) is 17.1. The van der Waals surface area contributed by atoms with Gasteiger partial charge in [-0.1, -0.05) is 24.3 Å². The van der Waals surface area contributed by atoms with E-state index in [1.807, 2.05) is 60.7 Å². The highest BCUT2D eigenvalue weighted by Crippen LogP contribution is 2.42. The highest BCUT2D eigenvalue weighted by atomic mass is 79.9. The van der Waals surface area contributed by atoms with Crippen LogP contribution < -0.4 is 11.1 Å². The first-order valence-electron chi connectivity index (χ1n) is 10.6. The van der Waals surface area contributed by atoms with Gasteiger partial charge in [0.05, 0.1) is 32.8 Å². The SMILES string of the molecule is O=c1c2c(Br)cc3c4c(c(Br)cc(c24)c2nc4ccccc4n12)c(=O)n1c2ccccc2nc31. The number of halogens is 2. The van der Waals surface area contributed by atoms with Gasteiger partial charge in [-0.25, -0.2) is 9.97 Å². The number of fused-ring (bicyclic) bond motifs is 8. The van der Waals surface area contributed by atoms with Gasteiger partial charge < -0.3 is 0 Å². The van der Waals surface area contributed by atoms with Gasteiger partial charge in [0.15, 0.2) is 0 Å². The van der Waals surface area contributed by atoms with E-state index in [1.54, 1.807) is 8.80 Å². The van der Waals surface area contributed by atoms with E-state index < -0.39 is 0 Å². The van der Waals surface area contributed by atoms with Gasteiger partial charge in [0.25, 0.3) is 11.1 Å². The molecule has 0 amide bonds. The molecular weight excluding hydrogens is 560 g/mol. The van der Waals surface area contributed by atoms with Crippen molar-refractivity contribution in [3.05, 3.63) is 90.3 Å². The molecule has 4 aromatic carbocycles. The van der Waals surface area contributed by atoms with Gasteiger partial charge in [-0.15, -0.1) is 0 Å². The van der Waals surface area contributed by atoms with E-state index in [0.29, 0.717) is 31.0 Å². The van der Waals surface area contributed by atoms with Crippen molar-refractivity contribution in [2.24, 2.45) is 0 Å². The van der Waals surface area contributed by atoms with Gasteiger partial charge in [-0.05, 0) is 68.3 Å². The molecule has 0 fully saturated rings. The lowest BCUT2D eigenvalue weighted by Crippen LogP contribution is -2.17. The Balaban J connectivity index is 1.79. The van der Waals surface area contributed by atoms with Crippen LogP contribution >= 0.6 is 31.9 Å². The molecule has 8 heteroatoms. The first kappa shape index (κ1) is 18.8. The minimum absolute atomic E-state index is 0.172. The molecule has 0 atom stereocenters. The van der Waals surface area contributed by atoms with Crippen molar-refractivity contribution in [1.82, 2.24) is 18.8 Å². The molecule has 0 aliphatic carbocycles. The fourth-order valence-corrected chi connectivity index (χ4v) is 6.58. The molecule has 0 bridgehead atoms. The molecule has 0 aliphatic heterocycles. The third kappa shape index (κ3) is 2.03. The maximum atomic E-state index is 13.8. The predicted octanol–water partition coefficient (Wildman–Crippen LogP) is 5.87. The van der Waals surface area contributed by atoms with Gasteiger partial charge in [-0.3, -0.25) is 18.4 Å². The molecule has 34 heavy (non-hydrogen) atoms. The zero-order chi connectivity index (χ0) is 22.9. The Labute approximate surface area is 206 Å². The molecule has 0 saturated carbocycles. The van der Waals surface area contributed by atoms with Crippen LogP contribution in [-0.2, 0) is 0 Å². The van der Waals surface area contributed by atoms with Crippen LogP contribution in [0.1, 0.15) is 0 Å². The van der Waals surface area contributed by atoms with Crippen molar-refractivity contribution < 1.29 is 0 Å². The molecule has 0 unspecified atom stereocenters. The average molecular weight is 570 g/mol. The zero-order valence-corrected chi connectivity index (χ0v) is 20.3. The van der Waals surface area contributed by atoms with Crippen LogP contribution in [0.4, 0.5) is 0 Å². The van der Waals surface area contributed by atoms with Crippen LogP contribution in [0.5, 0.6) is 0 Å². The minimum atomic E-state index is -0.172. The van der Waals surface area contributed by atoms with Crippen molar-refractivity contribution in [1.29, 1.82) is 0 Å². The normalized spacial score (nSPS) is 12.6. The summed E-state index contributed by atoms with van der Waals surface area (Å²) in [6, 6.07) is 19.0. The van der Waals surface area contributed by atoms with Gasteiger partial charge in [0.2, 0.25) is 0 Å². The van der Waals surface area contributed by atoms with E-state index in [9.17, 15) is 9.59 Å². The second-order valence-electron chi connectivity index (χ2n) is 8.44. The average Bonchev–Trinajstić information content (AvgIpc) is 3.41. The fraction of sp³-hybridized carbons (Fsp3) is 0. The fourth-order valence-electron chi connectivity index (χ4n) is 5.39. The lowest BCUT2D eigenvalue weighted by molar-refractivity contribution is 1.18.